The molecule has 4 aromatic rings. The quantitative estimate of drug-likeness (QED) is 0.605. The molecule has 4 rings (SSSR count). The van der Waals surface area contributed by atoms with Crippen molar-refractivity contribution >= 4 is 11.6 Å². The number of hydrogen-bond donors (Lipinski definition) is 1. The first-order chi connectivity index (χ1) is 13.1. The largest absolute Gasteiger partial charge is 0.317 e. The standard InChI is InChI=1S/C19H17N7O/c1-25-11-13(10-21-25)14-7-5-8-16(22-14)19(27)23-17-12-26(2)24-18(17)15-6-3-4-9-20-15/h3-12H,1-2H3,(H,23,27). The lowest BCUT2D eigenvalue weighted by molar-refractivity contribution is 0.102. The van der Waals surface area contributed by atoms with E-state index in [9.17, 15) is 4.79 Å². The van der Waals surface area contributed by atoms with Crippen molar-refractivity contribution in [1.82, 2.24) is 29.5 Å². The minimum atomic E-state index is -0.314. The van der Waals surface area contributed by atoms with Gasteiger partial charge in [-0.05, 0) is 24.3 Å². The highest BCUT2D eigenvalue weighted by atomic mass is 16.1. The summed E-state index contributed by atoms with van der Waals surface area (Å²) in [6.45, 7) is 0. The molecule has 134 valence electrons. The van der Waals surface area contributed by atoms with E-state index in [1.54, 1.807) is 47.1 Å². The Kier molecular flexibility index (Phi) is 4.21. The Hall–Kier alpha value is -3.81. The molecule has 0 radical (unpaired) electrons. The van der Waals surface area contributed by atoms with Crippen molar-refractivity contribution in [3.63, 3.8) is 0 Å². The zero-order chi connectivity index (χ0) is 18.8. The van der Waals surface area contributed by atoms with Gasteiger partial charge in [-0.1, -0.05) is 12.1 Å². The molecule has 0 atom stereocenters. The van der Waals surface area contributed by atoms with Gasteiger partial charge in [-0.2, -0.15) is 10.2 Å². The van der Waals surface area contributed by atoms with E-state index < -0.39 is 0 Å². The Bertz CT molecular complexity index is 1100. The number of anilines is 1. The fourth-order valence-electron chi connectivity index (χ4n) is 2.73. The summed E-state index contributed by atoms with van der Waals surface area (Å²) in [5.41, 5.74) is 3.72. The fraction of sp³-hybridized carbons (Fsp3) is 0.105. The maximum atomic E-state index is 12.7. The molecule has 0 aliphatic heterocycles. The van der Waals surface area contributed by atoms with E-state index in [0.717, 1.165) is 5.56 Å². The maximum Gasteiger partial charge on any atom is 0.274 e. The Morgan fingerprint density at radius 3 is 2.59 bits per heavy atom. The van der Waals surface area contributed by atoms with E-state index in [2.05, 4.69) is 25.5 Å². The second kappa shape index (κ2) is 6.83. The molecule has 0 aromatic carbocycles. The van der Waals surface area contributed by atoms with Crippen LogP contribution in [0.3, 0.4) is 0 Å². The Balaban J connectivity index is 1.62. The Labute approximate surface area is 155 Å². The Morgan fingerprint density at radius 1 is 1.00 bits per heavy atom. The van der Waals surface area contributed by atoms with Crippen molar-refractivity contribution in [1.29, 1.82) is 0 Å². The van der Waals surface area contributed by atoms with Gasteiger partial charge in [0.25, 0.3) is 5.91 Å². The summed E-state index contributed by atoms with van der Waals surface area (Å²) in [7, 11) is 3.63. The van der Waals surface area contributed by atoms with Gasteiger partial charge in [0.15, 0.2) is 0 Å². The predicted octanol–water partition coefficient (Wildman–Crippen LogP) is 2.53. The SMILES string of the molecule is Cn1cc(-c2cccc(C(=O)Nc3cn(C)nc3-c3ccccn3)n2)cn1. The Morgan fingerprint density at radius 2 is 1.85 bits per heavy atom. The molecule has 0 bridgehead atoms. The summed E-state index contributed by atoms with van der Waals surface area (Å²) in [4.78, 5) is 21.5. The zero-order valence-corrected chi connectivity index (χ0v) is 14.9. The van der Waals surface area contributed by atoms with Crippen molar-refractivity contribution in [3.8, 4) is 22.6 Å². The lowest BCUT2D eigenvalue weighted by Crippen LogP contribution is -2.14. The normalized spacial score (nSPS) is 10.7. The van der Waals surface area contributed by atoms with Gasteiger partial charge in [0.05, 0.1) is 23.3 Å². The smallest absolute Gasteiger partial charge is 0.274 e. The van der Waals surface area contributed by atoms with Crippen LogP contribution in [0.4, 0.5) is 5.69 Å². The van der Waals surface area contributed by atoms with Gasteiger partial charge in [0.1, 0.15) is 11.4 Å². The molecular formula is C19H17N7O. The van der Waals surface area contributed by atoms with Crippen LogP contribution in [-0.2, 0) is 14.1 Å². The van der Waals surface area contributed by atoms with Crippen molar-refractivity contribution < 1.29 is 4.79 Å². The van der Waals surface area contributed by atoms with E-state index in [4.69, 9.17) is 0 Å². The van der Waals surface area contributed by atoms with Crippen LogP contribution in [0.1, 0.15) is 10.5 Å². The van der Waals surface area contributed by atoms with Crippen molar-refractivity contribution in [2.45, 2.75) is 0 Å². The van der Waals surface area contributed by atoms with E-state index in [1.807, 2.05) is 37.5 Å². The molecule has 4 aromatic heterocycles. The van der Waals surface area contributed by atoms with Gasteiger partial charge in [0, 0.05) is 38.2 Å². The van der Waals surface area contributed by atoms with E-state index in [1.165, 1.54) is 0 Å². The van der Waals surface area contributed by atoms with Gasteiger partial charge in [-0.25, -0.2) is 4.98 Å². The molecule has 27 heavy (non-hydrogen) atoms. The molecule has 0 saturated carbocycles. The van der Waals surface area contributed by atoms with Crippen LogP contribution >= 0.6 is 0 Å². The topological polar surface area (TPSA) is 90.5 Å². The summed E-state index contributed by atoms with van der Waals surface area (Å²) in [6, 6.07) is 10.9. The van der Waals surface area contributed by atoms with Crippen molar-refractivity contribution in [2.24, 2.45) is 14.1 Å². The number of aryl methyl sites for hydroxylation is 2. The average molecular weight is 359 g/mol. The van der Waals surface area contributed by atoms with Crippen molar-refractivity contribution in [3.05, 3.63) is 66.9 Å². The van der Waals surface area contributed by atoms with E-state index in [-0.39, 0.29) is 5.91 Å². The molecule has 0 aliphatic rings. The summed E-state index contributed by atoms with van der Waals surface area (Å²) in [5, 5.41) is 11.4. The molecule has 0 fully saturated rings. The second-order valence-corrected chi connectivity index (χ2v) is 6.04. The highest BCUT2D eigenvalue weighted by Gasteiger charge is 2.16. The maximum absolute atomic E-state index is 12.7. The average Bonchev–Trinajstić information content (AvgIpc) is 3.28. The van der Waals surface area contributed by atoms with Gasteiger partial charge in [-0.15, -0.1) is 0 Å². The predicted molar refractivity (Wildman–Crippen MR) is 101 cm³/mol. The number of aromatic nitrogens is 6. The van der Waals surface area contributed by atoms with Gasteiger partial charge < -0.3 is 5.32 Å². The van der Waals surface area contributed by atoms with E-state index >= 15 is 0 Å². The van der Waals surface area contributed by atoms with Gasteiger partial charge in [0.2, 0.25) is 0 Å². The minimum absolute atomic E-state index is 0.312. The number of pyridine rings is 2. The van der Waals surface area contributed by atoms with Crippen molar-refractivity contribution in [2.75, 3.05) is 5.32 Å². The van der Waals surface area contributed by atoms with Crippen LogP contribution in [-0.4, -0.2) is 35.4 Å². The molecule has 8 heteroatoms. The summed E-state index contributed by atoms with van der Waals surface area (Å²) in [6.07, 6.45) is 7.00. The number of rotatable bonds is 4. The van der Waals surface area contributed by atoms with Gasteiger partial charge in [-0.3, -0.25) is 19.1 Å². The first kappa shape index (κ1) is 16.6. The molecule has 0 unspecified atom stereocenters. The number of carbonyl (C=O) groups is 1. The number of carbonyl (C=O) groups excluding carboxylic acids is 1. The van der Waals surface area contributed by atoms with E-state index in [0.29, 0.717) is 28.5 Å². The number of hydrogen-bond acceptors (Lipinski definition) is 5. The summed E-state index contributed by atoms with van der Waals surface area (Å²) in [5.74, 6) is -0.314. The summed E-state index contributed by atoms with van der Waals surface area (Å²) < 4.78 is 3.33. The second-order valence-electron chi connectivity index (χ2n) is 6.04. The van der Waals surface area contributed by atoms with Crippen LogP contribution in [0, 0.1) is 0 Å². The van der Waals surface area contributed by atoms with Crippen LogP contribution in [0.5, 0.6) is 0 Å². The zero-order valence-electron chi connectivity index (χ0n) is 14.9. The highest BCUT2D eigenvalue weighted by Crippen LogP contribution is 2.25. The molecule has 8 nitrogen and oxygen atoms in total. The third-order valence-electron chi connectivity index (χ3n) is 3.97. The molecule has 0 aliphatic carbocycles. The number of nitrogens with zero attached hydrogens (tertiary/aromatic N) is 6. The lowest BCUT2D eigenvalue weighted by atomic mass is 10.2. The van der Waals surface area contributed by atoms with Crippen LogP contribution in [0.15, 0.2) is 61.2 Å². The molecule has 4 heterocycles. The first-order valence-electron chi connectivity index (χ1n) is 8.32. The van der Waals surface area contributed by atoms with Crippen LogP contribution in [0.2, 0.25) is 0 Å². The third kappa shape index (κ3) is 3.45. The lowest BCUT2D eigenvalue weighted by Gasteiger charge is -2.06. The first-order valence-corrected chi connectivity index (χ1v) is 8.32. The summed E-state index contributed by atoms with van der Waals surface area (Å²) >= 11 is 0. The fourth-order valence-corrected chi connectivity index (χ4v) is 2.73. The third-order valence-corrected chi connectivity index (χ3v) is 3.97. The molecule has 1 N–H and O–H groups in total. The molecular weight excluding hydrogens is 342 g/mol. The van der Waals surface area contributed by atoms with Gasteiger partial charge >= 0.3 is 0 Å². The highest BCUT2D eigenvalue weighted by molar-refractivity contribution is 6.04. The molecule has 0 saturated heterocycles. The number of nitrogens with one attached hydrogen (secondary N) is 1. The number of amides is 1. The monoisotopic (exact) mass is 359 g/mol. The van der Waals surface area contributed by atoms with Crippen LogP contribution in [0.25, 0.3) is 22.6 Å². The molecule has 1 amide bonds. The molecule has 0 spiro atoms. The minimum Gasteiger partial charge on any atom is -0.317 e. The van der Waals surface area contributed by atoms with Crippen LogP contribution < -0.4 is 5.32 Å².